The Kier molecular flexibility index (Phi) is 6.70. The zero-order valence-corrected chi connectivity index (χ0v) is 20.0. The van der Waals surface area contributed by atoms with E-state index in [0.29, 0.717) is 24.0 Å². The summed E-state index contributed by atoms with van der Waals surface area (Å²) in [5.41, 5.74) is 3.12. The van der Waals surface area contributed by atoms with Gasteiger partial charge >= 0.3 is 0 Å². The summed E-state index contributed by atoms with van der Waals surface area (Å²) < 4.78 is 11.9. The Morgan fingerprint density at radius 2 is 2.14 bits per heavy atom. The van der Waals surface area contributed by atoms with Gasteiger partial charge < -0.3 is 9.47 Å². The first-order chi connectivity index (χ1) is 13.8. The van der Waals surface area contributed by atoms with Crippen LogP contribution in [0.3, 0.4) is 0 Å². The Morgan fingerprint density at radius 1 is 1.38 bits per heavy atom. The molecule has 0 radical (unpaired) electrons. The minimum atomic E-state index is 0.281. The number of hydrogen-bond donors (Lipinski definition) is 0. The summed E-state index contributed by atoms with van der Waals surface area (Å²) in [4.78, 5) is 6.02. The largest absolute Gasteiger partial charge is 0.492 e. The second-order valence-electron chi connectivity index (χ2n) is 8.33. The highest BCUT2D eigenvalue weighted by molar-refractivity contribution is 9.10. The number of thiophene rings is 1. The van der Waals surface area contributed by atoms with Crippen LogP contribution in [0.1, 0.15) is 55.7 Å². The van der Waals surface area contributed by atoms with Crippen LogP contribution < -0.4 is 9.47 Å². The lowest BCUT2D eigenvalue weighted by Crippen LogP contribution is -2.26. The van der Waals surface area contributed by atoms with E-state index in [1.165, 1.54) is 10.4 Å². The zero-order chi connectivity index (χ0) is 21.2. The Morgan fingerprint density at radius 3 is 2.76 bits per heavy atom. The van der Waals surface area contributed by atoms with Crippen molar-refractivity contribution in [3.8, 4) is 17.6 Å². The predicted molar refractivity (Wildman–Crippen MR) is 123 cm³/mol. The van der Waals surface area contributed by atoms with Crippen molar-refractivity contribution in [1.29, 1.82) is 5.26 Å². The number of halogens is 1. The average molecular weight is 475 g/mol. The molecule has 6 heteroatoms. The quantitative estimate of drug-likeness (QED) is 0.453. The van der Waals surface area contributed by atoms with Crippen LogP contribution in [-0.2, 0) is 12.8 Å². The summed E-state index contributed by atoms with van der Waals surface area (Å²) in [5, 5.41) is 10.6. The molecule has 0 saturated heterocycles. The Balaban J connectivity index is 1.93. The van der Waals surface area contributed by atoms with Crippen molar-refractivity contribution in [2.75, 3.05) is 13.7 Å². The molecule has 0 fully saturated rings. The number of hydrogen-bond acceptors (Lipinski definition) is 5. The number of aliphatic imine (C=N–C) groups is 1. The van der Waals surface area contributed by atoms with Gasteiger partial charge in [0, 0.05) is 11.1 Å². The van der Waals surface area contributed by atoms with Crippen molar-refractivity contribution >= 4 is 38.5 Å². The van der Waals surface area contributed by atoms with Crippen molar-refractivity contribution in [2.45, 2.75) is 47.0 Å². The molecule has 154 valence electrons. The zero-order valence-electron chi connectivity index (χ0n) is 17.6. The van der Waals surface area contributed by atoms with Crippen LogP contribution in [0.15, 0.2) is 21.6 Å². The molecule has 3 rings (SSSR count). The number of fused-ring (bicyclic) bond motifs is 1. The van der Waals surface area contributed by atoms with Crippen molar-refractivity contribution in [1.82, 2.24) is 0 Å². The van der Waals surface area contributed by atoms with E-state index in [-0.39, 0.29) is 5.41 Å². The number of methoxy groups -OCH3 is 1. The first-order valence-electron chi connectivity index (χ1n) is 9.87. The lowest BCUT2D eigenvalue weighted by molar-refractivity contribution is 0.218. The highest BCUT2D eigenvalue weighted by Crippen LogP contribution is 2.45. The molecule has 0 unspecified atom stereocenters. The van der Waals surface area contributed by atoms with E-state index in [0.717, 1.165) is 39.9 Å². The van der Waals surface area contributed by atoms with Crippen LogP contribution in [0.4, 0.5) is 5.00 Å². The maximum absolute atomic E-state index is 9.75. The van der Waals surface area contributed by atoms with Crippen LogP contribution in [-0.4, -0.2) is 19.9 Å². The molecule has 1 heterocycles. The smallest absolute Gasteiger partial charge is 0.174 e. The average Bonchev–Trinajstić information content (AvgIpc) is 3.02. The Bertz CT molecular complexity index is 967. The summed E-state index contributed by atoms with van der Waals surface area (Å²) >= 11 is 5.20. The van der Waals surface area contributed by atoms with Crippen LogP contribution in [0, 0.1) is 22.7 Å². The third-order valence-electron chi connectivity index (χ3n) is 5.45. The van der Waals surface area contributed by atoms with Crippen molar-refractivity contribution in [3.63, 3.8) is 0 Å². The van der Waals surface area contributed by atoms with Gasteiger partial charge in [-0.1, -0.05) is 20.8 Å². The summed E-state index contributed by atoms with van der Waals surface area (Å²) in [6, 6.07) is 6.25. The lowest BCUT2D eigenvalue weighted by atomic mass is 9.72. The molecule has 1 atom stereocenters. The first-order valence-corrected chi connectivity index (χ1v) is 11.5. The van der Waals surface area contributed by atoms with E-state index in [4.69, 9.17) is 14.5 Å². The van der Waals surface area contributed by atoms with Crippen LogP contribution in [0.25, 0.3) is 0 Å². The molecule has 0 amide bonds. The van der Waals surface area contributed by atoms with E-state index >= 15 is 0 Å². The molecule has 1 aliphatic rings. The molecule has 0 bridgehead atoms. The molecule has 2 aromatic rings. The molecule has 0 saturated carbocycles. The number of rotatable bonds is 5. The summed E-state index contributed by atoms with van der Waals surface area (Å²) in [5.74, 6) is 1.98. The van der Waals surface area contributed by atoms with Gasteiger partial charge in [0.15, 0.2) is 11.5 Å². The maximum atomic E-state index is 9.75. The fourth-order valence-electron chi connectivity index (χ4n) is 3.77. The maximum Gasteiger partial charge on any atom is 0.174 e. The SMILES string of the molecule is CCOc1cc(C=Nc2sc3c(c2C#N)CC[C@@H](C(C)(C)C)C3)cc(Br)c1OC. The van der Waals surface area contributed by atoms with E-state index in [1.807, 2.05) is 19.1 Å². The monoisotopic (exact) mass is 474 g/mol. The second kappa shape index (κ2) is 8.89. The summed E-state index contributed by atoms with van der Waals surface area (Å²) in [7, 11) is 1.62. The first kappa shape index (κ1) is 21.9. The third-order valence-corrected chi connectivity index (χ3v) is 7.20. The fraction of sp³-hybridized carbons (Fsp3) is 0.478. The number of nitrogens with zero attached hydrogens (tertiary/aromatic N) is 2. The lowest BCUT2D eigenvalue weighted by Gasteiger charge is -2.33. The van der Waals surface area contributed by atoms with Crippen molar-refractivity contribution < 1.29 is 9.47 Å². The topological polar surface area (TPSA) is 54.6 Å². The van der Waals surface area contributed by atoms with Gasteiger partial charge in [-0.15, -0.1) is 11.3 Å². The van der Waals surface area contributed by atoms with Crippen LogP contribution >= 0.6 is 27.3 Å². The van der Waals surface area contributed by atoms with Gasteiger partial charge in [0.1, 0.15) is 11.1 Å². The van der Waals surface area contributed by atoms with E-state index in [1.54, 1.807) is 24.7 Å². The Hall–Kier alpha value is -1.84. The standard InChI is InChI=1S/C23H27BrN2O2S/c1-6-28-19-10-14(9-18(24)21(19)27-5)13-26-22-17(12-25)16-8-7-15(23(2,3)4)11-20(16)29-22/h9-10,13,15H,6-8,11H2,1-5H3/t15-/m1/s1. The Labute approximate surface area is 185 Å². The number of ether oxygens (including phenoxy) is 2. The van der Waals surface area contributed by atoms with Gasteiger partial charge in [-0.3, -0.25) is 0 Å². The van der Waals surface area contributed by atoms with Crippen LogP contribution in [0.2, 0.25) is 0 Å². The minimum absolute atomic E-state index is 0.281. The molecule has 29 heavy (non-hydrogen) atoms. The van der Waals surface area contributed by atoms with Gasteiger partial charge in [0.25, 0.3) is 0 Å². The van der Waals surface area contributed by atoms with E-state index in [9.17, 15) is 5.26 Å². The van der Waals surface area contributed by atoms with Gasteiger partial charge in [-0.25, -0.2) is 4.99 Å². The minimum Gasteiger partial charge on any atom is -0.492 e. The predicted octanol–water partition coefficient (Wildman–Crippen LogP) is 6.69. The van der Waals surface area contributed by atoms with Crippen molar-refractivity contribution in [3.05, 3.63) is 38.2 Å². The summed E-state index contributed by atoms with van der Waals surface area (Å²) in [6.07, 6.45) is 4.94. The molecule has 4 nitrogen and oxygen atoms in total. The summed E-state index contributed by atoms with van der Waals surface area (Å²) in [6.45, 7) is 9.40. The van der Waals surface area contributed by atoms with E-state index in [2.05, 4.69) is 42.8 Å². The molecular weight excluding hydrogens is 448 g/mol. The third kappa shape index (κ3) is 4.67. The molecule has 0 aliphatic heterocycles. The van der Waals surface area contributed by atoms with E-state index < -0.39 is 0 Å². The normalized spacial score (nSPS) is 16.5. The molecule has 0 spiro atoms. The second-order valence-corrected chi connectivity index (χ2v) is 10.3. The van der Waals surface area contributed by atoms with Gasteiger partial charge in [0.2, 0.25) is 0 Å². The highest BCUT2D eigenvalue weighted by atomic mass is 79.9. The molecule has 1 aliphatic carbocycles. The van der Waals surface area contributed by atoms with Crippen molar-refractivity contribution in [2.24, 2.45) is 16.3 Å². The number of benzene rings is 1. The number of nitriles is 1. The molecule has 1 aromatic heterocycles. The van der Waals surface area contributed by atoms with Gasteiger partial charge in [-0.2, -0.15) is 5.26 Å². The molecular formula is C23H27BrN2O2S. The van der Waals surface area contributed by atoms with Gasteiger partial charge in [-0.05, 0) is 76.7 Å². The molecule has 1 aromatic carbocycles. The molecule has 0 N–H and O–H groups in total. The highest BCUT2D eigenvalue weighted by Gasteiger charge is 2.32. The van der Waals surface area contributed by atoms with Gasteiger partial charge in [0.05, 0.1) is 23.8 Å². The fourth-order valence-corrected chi connectivity index (χ4v) is 5.62. The van der Waals surface area contributed by atoms with Crippen LogP contribution in [0.5, 0.6) is 11.5 Å².